The second-order valence-corrected chi connectivity index (χ2v) is 5.69. The zero-order valence-corrected chi connectivity index (χ0v) is 13.8. The van der Waals surface area contributed by atoms with Crippen LogP contribution in [0.4, 0.5) is 8.78 Å². The van der Waals surface area contributed by atoms with Gasteiger partial charge in [0.15, 0.2) is 6.61 Å². The first kappa shape index (κ1) is 18.9. The SMILES string of the molecule is O=C(COC(=O)c1ccc(OC(F)F)cc1)NCCC1=CCCCC1. The van der Waals surface area contributed by atoms with E-state index < -0.39 is 12.6 Å². The molecule has 1 aromatic carbocycles. The number of halogens is 2. The molecule has 1 amide bonds. The van der Waals surface area contributed by atoms with Crippen molar-refractivity contribution < 1.29 is 27.8 Å². The Morgan fingerprint density at radius 3 is 2.56 bits per heavy atom. The Labute approximate surface area is 145 Å². The van der Waals surface area contributed by atoms with Crippen molar-refractivity contribution in [2.75, 3.05) is 13.2 Å². The van der Waals surface area contributed by atoms with E-state index in [1.807, 2.05) is 0 Å². The molecule has 0 aromatic heterocycles. The van der Waals surface area contributed by atoms with Crippen molar-refractivity contribution in [3.63, 3.8) is 0 Å². The monoisotopic (exact) mass is 353 g/mol. The van der Waals surface area contributed by atoms with E-state index in [4.69, 9.17) is 4.74 Å². The lowest BCUT2D eigenvalue weighted by Gasteiger charge is -2.13. The molecule has 2 rings (SSSR count). The third-order valence-corrected chi connectivity index (χ3v) is 3.80. The molecule has 5 nitrogen and oxygen atoms in total. The van der Waals surface area contributed by atoms with Gasteiger partial charge in [0.25, 0.3) is 5.91 Å². The largest absolute Gasteiger partial charge is 0.452 e. The van der Waals surface area contributed by atoms with Gasteiger partial charge < -0.3 is 14.8 Å². The summed E-state index contributed by atoms with van der Waals surface area (Å²) in [6.45, 7) is -2.79. The molecule has 0 heterocycles. The Morgan fingerprint density at radius 1 is 1.16 bits per heavy atom. The molecule has 1 aliphatic carbocycles. The number of benzene rings is 1. The maximum absolute atomic E-state index is 12.0. The number of amides is 1. The molecule has 0 saturated heterocycles. The molecule has 1 aliphatic rings. The van der Waals surface area contributed by atoms with Gasteiger partial charge >= 0.3 is 12.6 Å². The quantitative estimate of drug-likeness (QED) is 0.574. The van der Waals surface area contributed by atoms with Crippen LogP contribution in [-0.4, -0.2) is 31.6 Å². The van der Waals surface area contributed by atoms with Gasteiger partial charge in [-0.25, -0.2) is 4.79 Å². The van der Waals surface area contributed by atoms with Gasteiger partial charge in [-0.3, -0.25) is 4.79 Å². The van der Waals surface area contributed by atoms with Gasteiger partial charge in [0, 0.05) is 6.54 Å². The first-order chi connectivity index (χ1) is 12.0. The highest BCUT2D eigenvalue weighted by Crippen LogP contribution is 2.19. The summed E-state index contributed by atoms with van der Waals surface area (Å²) < 4.78 is 33.2. The second-order valence-electron chi connectivity index (χ2n) is 5.69. The third-order valence-electron chi connectivity index (χ3n) is 3.80. The highest BCUT2D eigenvalue weighted by Gasteiger charge is 2.11. The van der Waals surface area contributed by atoms with Crippen molar-refractivity contribution in [2.24, 2.45) is 0 Å². The first-order valence-electron chi connectivity index (χ1n) is 8.21. The van der Waals surface area contributed by atoms with E-state index in [1.54, 1.807) is 0 Å². The molecule has 1 aromatic rings. The Hall–Kier alpha value is -2.44. The molecule has 0 spiro atoms. The van der Waals surface area contributed by atoms with Gasteiger partial charge in [-0.05, 0) is 56.4 Å². The maximum Gasteiger partial charge on any atom is 0.387 e. The predicted molar refractivity (Wildman–Crippen MR) is 87.5 cm³/mol. The summed E-state index contributed by atoms with van der Waals surface area (Å²) in [7, 11) is 0. The molecule has 7 heteroatoms. The van der Waals surface area contributed by atoms with E-state index in [1.165, 1.54) is 42.7 Å². The van der Waals surface area contributed by atoms with Gasteiger partial charge in [0.1, 0.15) is 5.75 Å². The number of alkyl halides is 2. The van der Waals surface area contributed by atoms with Crippen molar-refractivity contribution in [3.8, 4) is 5.75 Å². The lowest BCUT2D eigenvalue weighted by Crippen LogP contribution is -2.29. The number of nitrogens with one attached hydrogen (secondary N) is 1. The molecule has 0 unspecified atom stereocenters. The Bertz CT molecular complexity index is 614. The van der Waals surface area contributed by atoms with Gasteiger partial charge in [-0.1, -0.05) is 11.6 Å². The van der Waals surface area contributed by atoms with Crippen molar-refractivity contribution in [3.05, 3.63) is 41.5 Å². The second kappa shape index (κ2) is 9.76. The minimum Gasteiger partial charge on any atom is -0.452 e. The van der Waals surface area contributed by atoms with Crippen LogP contribution >= 0.6 is 0 Å². The minimum atomic E-state index is -2.93. The van der Waals surface area contributed by atoms with Crippen molar-refractivity contribution in [2.45, 2.75) is 38.7 Å². The van der Waals surface area contributed by atoms with Gasteiger partial charge in [-0.15, -0.1) is 0 Å². The van der Waals surface area contributed by atoms with E-state index in [0.717, 1.165) is 19.3 Å². The summed E-state index contributed by atoms with van der Waals surface area (Å²) >= 11 is 0. The number of hydrogen-bond acceptors (Lipinski definition) is 4. The van der Waals surface area contributed by atoms with Gasteiger partial charge in [0.2, 0.25) is 0 Å². The number of carbonyl (C=O) groups excluding carboxylic acids is 2. The average molecular weight is 353 g/mol. The zero-order chi connectivity index (χ0) is 18.1. The molecule has 136 valence electrons. The van der Waals surface area contributed by atoms with Crippen LogP contribution in [0.3, 0.4) is 0 Å². The summed E-state index contributed by atoms with van der Waals surface area (Å²) in [6.07, 6.45) is 7.63. The van der Waals surface area contributed by atoms with Crippen LogP contribution in [0, 0.1) is 0 Å². The number of ether oxygens (including phenoxy) is 2. The molecule has 0 saturated carbocycles. The molecule has 0 bridgehead atoms. The van der Waals surface area contributed by atoms with Crippen molar-refractivity contribution in [1.82, 2.24) is 5.32 Å². The molecule has 25 heavy (non-hydrogen) atoms. The summed E-state index contributed by atoms with van der Waals surface area (Å²) in [6, 6.07) is 5.07. The van der Waals surface area contributed by atoms with E-state index in [2.05, 4.69) is 16.1 Å². The van der Waals surface area contributed by atoms with E-state index in [9.17, 15) is 18.4 Å². The molecule has 0 aliphatic heterocycles. The molecular formula is C18H21F2NO4. The standard InChI is InChI=1S/C18H21F2NO4/c19-18(20)25-15-8-6-14(7-9-15)17(23)24-12-16(22)21-11-10-13-4-2-1-3-5-13/h4,6-9,18H,1-3,5,10-12H2,(H,21,22). The third kappa shape index (κ3) is 6.91. The van der Waals surface area contributed by atoms with Crippen LogP contribution in [0.25, 0.3) is 0 Å². The van der Waals surface area contributed by atoms with Gasteiger partial charge in [0.05, 0.1) is 5.56 Å². The lowest BCUT2D eigenvalue weighted by atomic mass is 9.97. The summed E-state index contributed by atoms with van der Waals surface area (Å²) in [4.78, 5) is 23.5. The fraction of sp³-hybridized carbons (Fsp3) is 0.444. The fourth-order valence-electron chi connectivity index (χ4n) is 2.53. The molecule has 0 radical (unpaired) electrons. The lowest BCUT2D eigenvalue weighted by molar-refractivity contribution is -0.124. The Kier molecular flexibility index (Phi) is 7.37. The summed E-state index contributed by atoms with van der Waals surface area (Å²) in [5, 5.41) is 2.71. The van der Waals surface area contributed by atoms with E-state index in [0.29, 0.717) is 6.54 Å². The Balaban J connectivity index is 1.68. The van der Waals surface area contributed by atoms with Crippen LogP contribution in [0.15, 0.2) is 35.9 Å². The van der Waals surface area contributed by atoms with Crippen LogP contribution in [0.2, 0.25) is 0 Å². The smallest absolute Gasteiger partial charge is 0.387 e. The van der Waals surface area contributed by atoms with E-state index >= 15 is 0 Å². The average Bonchev–Trinajstić information content (AvgIpc) is 2.61. The molecular weight excluding hydrogens is 332 g/mol. The number of hydrogen-bond donors (Lipinski definition) is 1. The van der Waals surface area contributed by atoms with Crippen molar-refractivity contribution >= 4 is 11.9 Å². The van der Waals surface area contributed by atoms with Crippen LogP contribution in [-0.2, 0) is 9.53 Å². The van der Waals surface area contributed by atoms with Crippen molar-refractivity contribution in [1.29, 1.82) is 0 Å². The Morgan fingerprint density at radius 2 is 1.92 bits per heavy atom. The number of carbonyl (C=O) groups is 2. The van der Waals surface area contributed by atoms with Crippen LogP contribution in [0.1, 0.15) is 42.5 Å². The first-order valence-corrected chi connectivity index (χ1v) is 8.21. The van der Waals surface area contributed by atoms with Crippen LogP contribution < -0.4 is 10.1 Å². The topological polar surface area (TPSA) is 64.6 Å². The molecule has 0 fully saturated rings. The van der Waals surface area contributed by atoms with E-state index in [-0.39, 0.29) is 23.8 Å². The number of rotatable bonds is 8. The number of esters is 1. The minimum absolute atomic E-state index is 0.0543. The normalized spacial score (nSPS) is 14.0. The fourth-order valence-corrected chi connectivity index (χ4v) is 2.53. The highest BCUT2D eigenvalue weighted by molar-refractivity contribution is 5.91. The predicted octanol–water partition coefficient (Wildman–Crippen LogP) is 3.45. The number of allylic oxidation sites excluding steroid dienone is 1. The highest BCUT2D eigenvalue weighted by atomic mass is 19.3. The molecule has 1 N–H and O–H groups in total. The summed E-state index contributed by atoms with van der Waals surface area (Å²) in [5.74, 6) is -1.13. The molecule has 0 atom stereocenters. The maximum atomic E-state index is 12.0. The summed E-state index contributed by atoms with van der Waals surface area (Å²) in [5.41, 5.74) is 1.51. The van der Waals surface area contributed by atoms with Crippen LogP contribution in [0.5, 0.6) is 5.75 Å². The zero-order valence-electron chi connectivity index (χ0n) is 13.8. The van der Waals surface area contributed by atoms with Gasteiger partial charge in [-0.2, -0.15) is 8.78 Å².